The van der Waals surface area contributed by atoms with Gasteiger partial charge in [0.15, 0.2) is 0 Å². The van der Waals surface area contributed by atoms with Crippen LogP contribution in [0.15, 0.2) is 0 Å². The maximum absolute atomic E-state index is 10.6. The Balaban J connectivity index is 2.37. The third-order valence-corrected chi connectivity index (χ3v) is 1.52. The van der Waals surface area contributed by atoms with Crippen LogP contribution in [0.2, 0.25) is 0 Å². The molecule has 0 bridgehead atoms. The molecule has 0 aromatic carbocycles. The van der Waals surface area contributed by atoms with Crippen LogP contribution in [0.4, 0.5) is 0 Å². The zero-order valence-electron chi connectivity index (χ0n) is 5.41. The molecule has 1 rings (SSSR count). The molecule has 2 atom stereocenters. The van der Waals surface area contributed by atoms with Crippen LogP contribution in [0.1, 0.15) is 12.8 Å². The second-order valence-electron chi connectivity index (χ2n) is 2.25. The summed E-state index contributed by atoms with van der Waals surface area (Å²) in [5.74, 6) is 4.11. The predicted octanol–water partition coefficient (Wildman–Crippen LogP) is -1.53. The first-order valence-corrected chi connectivity index (χ1v) is 3.08. The molecule has 1 heterocycles. The van der Waals surface area contributed by atoms with E-state index >= 15 is 0 Å². The van der Waals surface area contributed by atoms with Gasteiger partial charge in [-0.25, -0.2) is 4.79 Å². The Hall–Kier alpha value is -0.650. The summed E-state index contributed by atoms with van der Waals surface area (Å²) in [7, 11) is 0. The molecule has 0 aromatic rings. The highest BCUT2D eigenvalue weighted by atomic mass is 16.7. The number of hydrogen-bond donors (Lipinski definition) is 3. The lowest BCUT2D eigenvalue weighted by Crippen LogP contribution is -2.37. The molecule has 0 amide bonds. The van der Waals surface area contributed by atoms with Crippen molar-refractivity contribution in [3.63, 3.8) is 0 Å². The first-order chi connectivity index (χ1) is 4.74. The number of carbonyl (C=O) groups is 1. The molecule has 0 spiro atoms. The SMILES string of the molecule is NOC(=O)[C@@H]1CCC(O)N1. The number of carbonyl (C=O) groups excluding carboxylic acids is 1. The van der Waals surface area contributed by atoms with Crippen LogP contribution in [0.5, 0.6) is 0 Å². The average Bonchev–Trinajstić information content (AvgIpc) is 2.34. The van der Waals surface area contributed by atoms with Crippen molar-refractivity contribution in [1.82, 2.24) is 5.32 Å². The Labute approximate surface area is 58.1 Å². The minimum Gasteiger partial charge on any atom is -0.379 e. The van der Waals surface area contributed by atoms with Gasteiger partial charge < -0.3 is 9.94 Å². The summed E-state index contributed by atoms with van der Waals surface area (Å²) in [5.41, 5.74) is 0. The van der Waals surface area contributed by atoms with Crippen molar-refractivity contribution in [1.29, 1.82) is 0 Å². The largest absolute Gasteiger partial charge is 0.379 e. The summed E-state index contributed by atoms with van der Waals surface area (Å²) in [6.07, 6.45) is 0.556. The molecule has 5 heteroatoms. The number of nitrogens with one attached hydrogen (secondary N) is 1. The summed E-state index contributed by atoms with van der Waals surface area (Å²) in [6.45, 7) is 0. The fourth-order valence-electron chi connectivity index (χ4n) is 0.991. The molecular weight excluding hydrogens is 136 g/mol. The first kappa shape index (κ1) is 7.46. The lowest BCUT2D eigenvalue weighted by Gasteiger charge is -2.06. The van der Waals surface area contributed by atoms with Crippen molar-refractivity contribution >= 4 is 5.97 Å². The topological polar surface area (TPSA) is 84.6 Å². The van der Waals surface area contributed by atoms with E-state index in [1.54, 1.807) is 0 Å². The molecule has 1 saturated heterocycles. The van der Waals surface area contributed by atoms with Gasteiger partial charge in [0, 0.05) is 0 Å². The smallest absolute Gasteiger partial charge is 0.341 e. The van der Waals surface area contributed by atoms with Crippen LogP contribution < -0.4 is 11.2 Å². The Morgan fingerprint density at radius 3 is 2.80 bits per heavy atom. The van der Waals surface area contributed by atoms with Gasteiger partial charge in [-0.3, -0.25) is 5.32 Å². The van der Waals surface area contributed by atoms with Crippen LogP contribution in [-0.2, 0) is 9.63 Å². The van der Waals surface area contributed by atoms with Crippen LogP contribution in [0.3, 0.4) is 0 Å². The van der Waals surface area contributed by atoms with Crippen molar-refractivity contribution < 1.29 is 14.7 Å². The van der Waals surface area contributed by atoms with Gasteiger partial charge in [0.05, 0.1) is 0 Å². The second-order valence-corrected chi connectivity index (χ2v) is 2.25. The number of aliphatic hydroxyl groups excluding tert-OH is 1. The summed E-state index contributed by atoms with van der Waals surface area (Å²) in [6, 6.07) is -0.431. The van der Waals surface area contributed by atoms with Crippen LogP contribution in [0, 0.1) is 0 Å². The standard InChI is InChI=1S/C5H10N2O3/c6-10-5(9)3-1-2-4(8)7-3/h3-4,7-8H,1-2,6H2/t3-,4?/m0/s1. The van der Waals surface area contributed by atoms with Gasteiger partial charge >= 0.3 is 5.97 Å². The van der Waals surface area contributed by atoms with E-state index in [0.29, 0.717) is 12.8 Å². The first-order valence-electron chi connectivity index (χ1n) is 3.08. The lowest BCUT2D eigenvalue weighted by atomic mass is 10.2. The van der Waals surface area contributed by atoms with E-state index in [-0.39, 0.29) is 0 Å². The molecule has 4 N–H and O–H groups in total. The number of hydrogen-bond acceptors (Lipinski definition) is 5. The van der Waals surface area contributed by atoms with Gasteiger partial charge in [-0.05, 0) is 12.8 Å². The molecule has 1 unspecified atom stereocenters. The fraction of sp³-hybridized carbons (Fsp3) is 0.800. The zero-order chi connectivity index (χ0) is 7.56. The number of rotatable bonds is 1. The molecule has 0 radical (unpaired) electrons. The van der Waals surface area contributed by atoms with Gasteiger partial charge in [-0.2, -0.15) is 5.90 Å². The molecule has 0 saturated carbocycles. The summed E-state index contributed by atoms with van der Waals surface area (Å²) in [4.78, 5) is 14.6. The van der Waals surface area contributed by atoms with E-state index in [0.717, 1.165) is 0 Å². The zero-order valence-corrected chi connectivity index (χ0v) is 5.41. The molecule has 1 aliphatic heterocycles. The van der Waals surface area contributed by atoms with Crippen molar-refractivity contribution in [2.24, 2.45) is 5.90 Å². The number of aliphatic hydroxyl groups is 1. The Morgan fingerprint density at radius 2 is 2.40 bits per heavy atom. The Bertz CT molecular complexity index is 139. The van der Waals surface area contributed by atoms with Crippen LogP contribution in [-0.4, -0.2) is 23.3 Å². The predicted molar refractivity (Wildman–Crippen MR) is 32.4 cm³/mol. The molecular formula is C5H10N2O3. The van der Waals surface area contributed by atoms with Crippen molar-refractivity contribution in [2.75, 3.05) is 0 Å². The van der Waals surface area contributed by atoms with Gasteiger partial charge in [-0.15, -0.1) is 0 Å². The van der Waals surface area contributed by atoms with E-state index in [1.807, 2.05) is 0 Å². The summed E-state index contributed by atoms with van der Waals surface area (Å²) < 4.78 is 0. The molecule has 58 valence electrons. The van der Waals surface area contributed by atoms with Crippen molar-refractivity contribution in [3.05, 3.63) is 0 Å². The second kappa shape index (κ2) is 2.96. The highest BCUT2D eigenvalue weighted by Gasteiger charge is 2.28. The van der Waals surface area contributed by atoms with E-state index in [1.165, 1.54) is 0 Å². The molecule has 5 nitrogen and oxygen atoms in total. The van der Waals surface area contributed by atoms with Crippen LogP contribution >= 0.6 is 0 Å². The average molecular weight is 146 g/mol. The molecule has 0 aromatic heterocycles. The van der Waals surface area contributed by atoms with Crippen molar-refractivity contribution in [2.45, 2.75) is 25.1 Å². The Morgan fingerprint density at radius 1 is 1.70 bits per heavy atom. The fourth-order valence-corrected chi connectivity index (χ4v) is 0.991. The Kier molecular flexibility index (Phi) is 2.21. The van der Waals surface area contributed by atoms with Crippen molar-refractivity contribution in [3.8, 4) is 0 Å². The highest BCUT2D eigenvalue weighted by Crippen LogP contribution is 2.10. The highest BCUT2D eigenvalue weighted by molar-refractivity contribution is 5.75. The van der Waals surface area contributed by atoms with E-state index < -0.39 is 18.2 Å². The monoisotopic (exact) mass is 146 g/mol. The maximum atomic E-state index is 10.6. The summed E-state index contributed by atoms with van der Waals surface area (Å²) in [5, 5.41) is 11.5. The van der Waals surface area contributed by atoms with Gasteiger partial charge in [0.2, 0.25) is 0 Å². The normalized spacial score (nSPS) is 32.2. The molecule has 1 aliphatic rings. The minimum atomic E-state index is -0.593. The quantitative estimate of drug-likeness (QED) is 0.391. The minimum absolute atomic E-state index is 0.431. The molecule has 1 fully saturated rings. The maximum Gasteiger partial charge on any atom is 0.341 e. The number of nitrogens with two attached hydrogens (primary N) is 1. The third kappa shape index (κ3) is 1.44. The summed E-state index contributed by atoms with van der Waals surface area (Å²) >= 11 is 0. The molecule has 10 heavy (non-hydrogen) atoms. The van der Waals surface area contributed by atoms with E-state index in [2.05, 4.69) is 16.1 Å². The van der Waals surface area contributed by atoms with Crippen LogP contribution in [0.25, 0.3) is 0 Å². The lowest BCUT2D eigenvalue weighted by molar-refractivity contribution is -0.146. The molecule has 0 aliphatic carbocycles. The van der Waals surface area contributed by atoms with Gasteiger partial charge in [0.25, 0.3) is 0 Å². The third-order valence-electron chi connectivity index (χ3n) is 1.52. The van der Waals surface area contributed by atoms with E-state index in [9.17, 15) is 4.79 Å². The van der Waals surface area contributed by atoms with Gasteiger partial charge in [-0.1, -0.05) is 0 Å². The van der Waals surface area contributed by atoms with Gasteiger partial charge in [0.1, 0.15) is 12.3 Å². The van der Waals surface area contributed by atoms with E-state index in [4.69, 9.17) is 5.11 Å².